The lowest BCUT2D eigenvalue weighted by molar-refractivity contribution is -0.121. The molecule has 0 saturated heterocycles. The zero-order valence-electron chi connectivity index (χ0n) is 50.7. The van der Waals surface area contributed by atoms with Crippen LogP contribution in [0.1, 0.15) is 192 Å². The van der Waals surface area contributed by atoms with Gasteiger partial charge in [0.15, 0.2) is 11.6 Å². The molecule has 2 aliphatic rings. The number of carbonyl (C=O) groups is 4. The Balaban J connectivity index is 0.000000253. The van der Waals surface area contributed by atoms with E-state index in [1.807, 2.05) is 79.8 Å². The van der Waals surface area contributed by atoms with Crippen LogP contribution in [0.4, 0.5) is 0 Å². The fraction of sp³-hybridized carbons (Fsp3) is 0.508. The first kappa shape index (κ1) is 67.7. The van der Waals surface area contributed by atoms with Crippen LogP contribution >= 0.6 is 0 Å². The van der Waals surface area contributed by atoms with Gasteiger partial charge in [0.25, 0.3) is 20.4 Å². The molecule has 0 aliphatic heterocycles. The molecule has 4 aromatic carbocycles. The second kappa shape index (κ2) is 32.9. The predicted octanol–water partition coefficient (Wildman–Crippen LogP) is 12.2. The summed E-state index contributed by atoms with van der Waals surface area (Å²) in [6, 6.07) is 27.6. The molecule has 0 spiro atoms. The first-order chi connectivity index (χ1) is 40.7. The van der Waals surface area contributed by atoms with Gasteiger partial charge in [0.1, 0.15) is 24.7 Å². The number of unbranched alkanes of at least 4 members (excludes halogenated alkanes) is 8. The Bertz CT molecular complexity index is 3430. The smallest absolute Gasteiger partial charge is 0.337 e. The first-order valence-electron chi connectivity index (χ1n) is 30.1. The summed E-state index contributed by atoms with van der Waals surface area (Å²) in [7, 11) is 1.03. The third-order valence-electron chi connectivity index (χ3n) is 16.3. The molecular formula is C65H90N6O12S2. The third-order valence-corrected chi connectivity index (χ3v) is 17.4. The van der Waals surface area contributed by atoms with Crippen LogP contribution in [0.25, 0.3) is 44.3 Å². The molecule has 0 bridgehead atoms. The van der Waals surface area contributed by atoms with Crippen molar-refractivity contribution in [1.82, 2.24) is 13.4 Å². The molecule has 0 atom stereocenters. The number of nitrogens with two attached hydrogens (primary N) is 3. The Kier molecular flexibility index (Phi) is 26.2. The van der Waals surface area contributed by atoms with E-state index >= 15 is 0 Å². The fourth-order valence-corrected chi connectivity index (χ4v) is 12.3. The van der Waals surface area contributed by atoms with Gasteiger partial charge >= 0.3 is 11.9 Å². The number of aryl methyl sites for hydroxylation is 2. The van der Waals surface area contributed by atoms with E-state index in [4.69, 9.17) is 24.1 Å². The lowest BCUT2D eigenvalue weighted by Crippen LogP contribution is -2.33. The number of Topliss-reactive ketones (excluding diaryl/α,β-unsaturated/α-hetero) is 2. The van der Waals surface area contributed by atoms with Crippen molar-refractivity contribution in [3.05, 3.63) is 107 Å². The van der Waals surface area contributed by atoms with Crippen LogP contribution in [0, 0.1) is 0 Å². The molecule has 2 heterocycles. The van der Waals surface area contributed by atoms with E-state index in [1.165, 1.54) is 102 Å². The van der Waals surface area contributed by atoms with E-state index in [-0.39, 0.29) is 36.7 Å². The van der Waals surface area contributed by atoms with Gasteiger partial charge in [-0.3, -0.25) is 9.59 Å². The number of carbonyl (C=O) groups excluding carboxylic acids is 4. The molecule has 85 heavy (non-hydrogen) atoms. The van der Waals surface area contributed by atoms with E-state index in [0.717, 1.165) is 107 Å². The second-order valence-electron chi connectivity index (χ2n) is 22.5. The molecule has 2 saturated carbocycles. The maximum absolute atomic E-state index is 12.7. The van der Waals surface area contributed by atoms with Gasteiger partial charge in [0.2, 0.25) is 0 Å². The Morgan fingerprint density at radius 2 is 0.918 bits per heavy atom. The molecule has 18 nitrogen and oxygen atoms in total. The SMILES string of the molecule is CCCCCCCCC(=O)COc1ccccc1-c1c(C2CCCCC2)c2ccc(C(=O)OC)cc2n1C.COC(=O)c1ccc2c(C3CCCCC3)c(-c3ccccc3OCC(=O)CCCCCCN(C)S(N)(=O)=O)n(C)c2c1.NS(N)(=O)=O. The second-order valence-corrected chi connectivity index (χ2v) is 25.4. The molecule has 0 unspecified atom stereocenters. The maximum Gasteiger partial charge on any atom is 0.337 e. The van der Waals surface area contributed by atoms with Gasteiger partial charge in [0.05, 0.1) is 36.7 Å². The van der Waals surface area contributed by atoms with Crippen molar-refractivity contribution < 1.29 is 55.0 Å². The van der Waals surface area contributed by atoms with Crippen LogP contribution in [0.3, 0.4) is 0 Å². The van der Waals surface area contributed by atoms with Gasteiger partial charge in [0, 0.05) is 73.5 Å². The number of ether oxygens (including phenoxy) is 4. The first-order valence-corrected chi connectivity index (χ1v) is 33.2. The van der Waals surface area contributed by atoms with Crippen molar-refractivity contribution in [1.29, 1.82) is 0 Å². The Morgan fingerprint density at radius 3 is 1.31 bits per heavy atom. The van der Waals surface area contributed by atoms with E-state index in [0.29, 0.717) is 54.5 Å². The summed E-state index contributed by atoms with van der Waals surface area (Å²) >= 11 is 0. The molecule has 2 aliphatic carbocycles. The van der Waals surface area contributed by atoms with Crippen LogP contribution in [0.5, 0.6) is 11.5 Å². The topological polar surface area (TPSA) is 265 Å². The summed E-state index contributed by atoms with van der Waals surface area (Å²) in [6.07, 6.45) is 23.0. The average molecular weight is 1210 g/mol. The summed E-state index contributed by atoms with van der Waals surface area (Å²) in [5.41, 5.74) is 9.76. The number of esters is 2. The van der Waals surface area contributed by atoms with Gasteiger partial charge in [-0.1, -0.05) is 127 Å². The van der Waals surface area contributed by atoms with Crippen molar-refractivity contribution in [3.63, 3.8) is 0 Å². The van der Waals surface area contributed by atoms with Crippen LogP contribution in [0.2, 0.25) is 0 Å². The molecule has 0 radical (unpaired) electrons. The quantitative estimate of drug-likeness (QED) is 0.0321. The molecular weight excluding hydrogens is 1120 g/mol. The summed E-state index contributed by atoms with van der Waals surface area (Å²) in [5.74, 6) is 1.74. The molecule has 2 fully saturated rings. The van der Waals surface area contributed by atoms with Crippen molar-refractivity contribution in [2.24, 2.45) is 29.5 Å². The highest BCUT2D eigenvalue weighted by Crippen LogP contribution is 2.48. The Morgan fingerprint density at radius 1 is 0.541 bits per heavy atom. The largest absolute Gasteiger partial charge is 0.485 e. The fourth-order valence-electron chi connectivity index (χ4n) is 12.0. The molecule has 2 aromatic heterocycles. The van der Waals surface area contributed by atoms with E-state index < -0.39 is 20.4 Å². The summed E-state index contributed by atoms with van der Waals surface area (Å²) < 4.78 is 68.7. The minimum atomic E-state index is -3.67. The Hall–Kier alpha value is -6.42. The number of aromatic nitrogens is 2. The number of methoxy groups -OCH3 is 2. The van der Waals surface area contributed by atoms with Gasteiger partial charge in [-0.05, 0) is 116 Å². The van der Waals surface area contributed by atoms with Gasteiger partial charge in [-0.25, -0.2) is 25.0 Å². The van der Waals surface area contributed by atoms with Crippen LogP contribution < -0.4 is 24.9 Å². The third kappa shape index (κ3) is 19.5. The lowest BCUT2D eigenvalue weighted by atomic mass is 9.81. The van der Waals surface area contributed by atoms with Gasteiger partial charge < -0.3 is 28.1 Å². The molecule has 6 aromatic rings. The van der Waals surface area contributed by atoms with Crippen molar-refractivity contribution in [2.45, 2.75) is 160 Å². The summed E-state index contributed by atoms with van der Waals surface area (Å²) in [5, 5.41) is 15.6. The predicted molar refractivity (Wildman–Crippen MR) is 336 cm³/mol. The summed E-state index contributed by atoms with van der Waals surface area (Å²) in [6.45, 7) is 2.67. The number of benzene rings is 4. The van der Waals surface area contributed by atoms with Crippen molar-refractivity contribution in [2.75, 3.05) is 41.0 Å². The van der Waals surface area contributed by atoms with Gasteiger partial charge in [-0.15, -0.1) is 0 Å². The van der Waals surface area contributed by atoms with E-state index in [9.17, 15) is 36.0 Å². The lowest BCUT2D eigenvalue weighted by Gasteiger charge is -2.24. The minimum absolute atomic E-state index is 0.0135. The number of fused-ring (bicyclic) bond motifs is 2. The number of ketones is 2. The number of hydrogen-bond donors (Lipinski definition) is 3. The number of nitrogens with zero attached hydrogens (tertiary/aromatic N) is 3. The van der Waals surface area contributed by atoms with Crippen LogP contribution in [0.15, 0.2) is 84.9 Å². The van der Waals surface area contributed by atoms with Gasteiger partial charge in [-0.2, -0.15) is 21.1 Å². The molecule has 6 N–H and O–H groups in total. The molecule has 0 amide bonds. The van der Waals surface area contributed by atoms with E-state index in [2.05, 4.69) is 45.5 Å². The highest BCUT2D eigenvalue weighted by molar-refractivity contribution is 7.87. The van der Waals surface area contributed by atoms with Crippen molar-refractivity contribution in [3.8, 4) is 34.0 Å². The highest BCUT2D eigenvalue weighted by Gasteiger charge is 2.30. The standard InChI is InChI=1S/C33H43NO4.C32H43N3O6S.H4N2O2S/c1-4-5-6-7-8-12-17-26(35)23-38-30-19-14-13-18-28(30)32-31(24-15-10-9-11-16-24)27-21-20-25(33(36)37-3)22-29(27)34(32)2;1-34(42(33,38)39)20-12-5-4-9-15-25(36)22-41-29-17-11-10-16-27(29)31-30(23-13-7-6-8-14-23)26-19-18-24(32(37)40-3)21-28(26)35(31)2;1-5(2,3)4/h13-14,18-22,24H,4-12,15-17,23H2,1-3H3;10-11,16-19,21,23H,4-9,12-15,20,22H2,1-3H3,(H2,33,38,39);(H4,1,2,3,4). The molecule has 464 valence electrons. The zero-order valence-corrected chi connectivity index (χ0v) is 52.3. The van der Waals surface area contributed by atoms with Crippen LogP contribution in [-0.2, 0) is 53.6 Å². The van der Waals surface area contributed by atoms with Crippen molar-refractivity contribution >= 4 is 65.7 Å². The monoisotopic (exact) mass is 1210 g/mol. The molecule has 8 rings (SSSR count). The number of para-hydroxylation sites is 2. The zero-order chi connectivity index (χ0) is 61.7. The van der Waals surface area contributed by atoms with E-state index in [1.54, 1.807) is 0 Å². The average Bonchev–Trinajstić information content (AvgIpc) is 1.83. The highest BCUT2D eigenvalue weighted by atomic mass is 32.2. The molecule has 20 heteroatoms. The Labute approximate surface area is 503 Å². The number of hydrogen-bond acceptors (Lipinski definition) is 12. The number of rotatable bonds is 27. The normalized spacial score (nSPS) is 14.1. The maximum atomic E-state index is 12.7. The minimum Gasteiger partial charge on any atom is -0.485 e. The van der Waals surface area contributed by atoms with Crippen LogP contribution in [-0.4, -0.2) is 94.8 Å². The summed E-state index contributed by atoms with van der Waals surface area (Å²) in [4.78, 5) is 49.9.